The first-order valence-electron chi connectivity index (χ1n) is 9.01. The van der Waals surface area contributed by atoms with Gasteiger partial charge in [-0.3, -0.25) is 14.7 Å². The molecule has 2 saturated heterocycles. The molecule has 2 unspecified atom stereocenters. The van der Waals surface area contributed by atoms with Crippen LogP contribution < -0.4 is 10.6 Å². The van der Waals surface area contributed by atoms with Gasteiger partial charge >= 0.3 is 6.03 Å². The van der Waals surface area contributed by atoms with Gasteiger partial charge in [0, 0.05) is 33.2 Å². The second kappa shape index (κ2) is 7.85. The van der Waals surface area contributed by atoms with E-state index in [0.29, 0.717) is 31.8 Å². The molecule has 0 aromatic heterocycles. The number of piperidine rings is 1. The summed E-state index contributed by atoms with van der Waals surface area (Å²) in [4.78, 5) is 32.3. The van der Waals surface area contributed by atoms with Crippen LogP contribution >= 0.6 is 0 Å². The van der Waals surface area contributed by atoms with Gasteiger partial charge in [-0.05, 0) is 38.5 Å². The number of urea groups is 1. The molecule has 2 heterocycles. The van der Waals surface area contributed by atoms with Crippen molar-refractivity contribution in [3.63, 3.8) is 0 Å². The summed E-state index contributed by atoms with van der Waals surface area (Å²) in [5.41, 5.74) is -0.746. The van der Waals surface area contributed by atoms with Crippen LogP contribution in [0, 0.1) is 5.92 Å². The van der Waals surface area contributed by atoms with Crippen molar-refractivity contribution in [1.29, 1.82) is 0 Å². The normalized spacial score (nSPS) is 28.3. The van der Waals surface area contributed by atoms with Crippen LogP contribution in [-0.2, 0) is 4.79 Å². The fraction of sp³-hybridized carbons (Fsp3) is 0.824. The fourth-order valence-corrected chi connectivity index (χ4v) is 3.34. The molecule has 0 saturated carbocycles. The van der Waals surface area contributed by atoms with E-state index in [9.17, 15) is 9.59 Å². The lowest BCUT2D eigenvalue weighted by atomic mass is 9.99. The predicted molar refractivity (Wildman–Crippen MR) is 94.9 cm³/mol. The average molecular weight is 337 g/mol. The lowest BCUT2D eigenvalue weighted by Crippen LogP contribution is -2.47. The van der Waals surface area contributed by atoms with Crippen LogP contribution in [0.15, 0.2) is 4.99 Å². The number of carbonyl (C=O) groups excluding carboxylic acids is 2. The van der Waals surface area contributed by atoms with Gasteiger partial charge in [0.05, 0.1) is 0 Å². The highest BCUT2D eigenvalue weighted by molar-refractivity contribution is 6.06. The summed E-state index contributed by atoms with van der Waals surface area (Å²) in [6.45, 7) is 9.14. The first-order chi connectivity index (χ1) is 11.4. The van der Waals surface area contributed by atoms with Crippen molar-refractivity contribution in [1.82, 2.24) is 20.4 Å². The van der Waals surface area contributed by atoms with E-state index in [1.165, 1.54) is 17.7 Å². The summed E-state index contributed by atoms with van der Waals surface area (Å²) in [5.74, 6) is 1.48. The zero-order valence-corrected chi connectivity index (χ0v) is 15.4. The Hall–Kier alpha value is -1.79. The van der Waals surface area contributed by atoms with Crippen molar-refractivity contribution in [2.24, 2.45) is 10.9 Å². The second-order valence-electron chi connectivity index (χ2n) is 7.09. The number of likely N-dealkylation sites (tertiary alicyclic amines) is 1. The van der Waals surface area contributed by atoms with Gasteiger partial charge < -0.3 is 15.5 Å². The first-order valence-corrected chi connectivity index (χ1v) is 9.01. The first kappa shape index (κ1) is 18.5. The maximum absolute atomic E-state index is 12.3. The smallest absolute Gasteiger partial charge is 0.325 e. The van der Waals surface area contributed by atoms with Gasteiger partial charge in [-0.1, -0.05) is 13.8 Å². The SMILES string of the molecule is CCC1(C)NC(=O)N(CCCNC(=NC)N2CCCC(C)C2)C1=O. The Morgan fingerprint density at radius 2 is 2.21 bits per heavy atom. The van der Waals surface area contributed by atoms with E-state index in [-0.39, 0.29) is 11.9 Å². The zero-order valence-electron chi connectivity index (χ0n) is 15.4. The molecule has 2 aliphatic heterocycles. The molecule has 0 aliphatic carbocycles. The lowest BCUT2D eigenvalue weighted by molar-refractivity contribution is -0.130. The average Bonchev–Trinajstić information content (AvgIpc) is 2.78. The topological polar surface area (TPSA) is 77.0 Å². The number of imide groups is 1. The van der Waals surface area contributed by atoms with E-state index in [2.05, 4.69) is 27.4 Å². The van der Waals surface area contributed by atoms with E-state index in [1.54, 1.807) is 14.0 Å². The summed E-state index contributed by atoms with van der Waals surface area (Å²) < 4.78 is 0. The monoisotopic (exact) mass is 337 g/mol. The van der Waals surface area contributed by atoms with Crippen molar-refractivity contribution in [3.05, 3.63) is 0 Å². The third-order valence-electron chi connectivity index (χ3n) is 5.06. The molecule has 2 fully saturated rings. The van der Waals surface area contributed by atoms with E-state index < -0.39 is 5.54 Å². The molecule has 2 rings (SSSR count). The molecular weight excluding hydrogens is 306 g/mol. The Kier molecular flexibility index (Phi) is 6.07. The van der Waals surface area contributed by atoms with Gasteiger partial charge in [-0.25, -0.2) is 4.79 Å². The Morgan fingerprint density at radius 1 is 1.46 bits per heavy atom. The number of nitrogens with one attached hydrogen (secondary N) is 2. The molecule has 0 radical (unpaired) electrons. The van der Waals surface area contributed by atoms with E-state index in [1.807, 2.05) is 6.92 Å². The Morgan fingerprint density at radius 3 is 2.79 bits per heavy atom. The maximum atomic E-state index is 12.3. The van der Waals surface area contributed by atoms with Crippen LogP contribution in [0.2, 0.25) is 0 Å². The van der Waals surface area contributed by atoms with Crippen LogP contribution in [0.5, 0.6) is 0 Å². The van der Waals surface area contributed by atoms with Crippen LogP contribution in [-0.4, -0.2) is 66.5 Å². The van der Waals surface area contributed by atoms with Crippen molar-refractivity contribution >= 4 is 17.9 Å². The molecular formula is C17H31N5O2. The highest BCUT2D eigenvalue weighted by Gasteiger charge is 2.45. The summed E-state index contributed by atoms with van der Waals surface area (Å²) in [6.07, 6.45) is 3.78. The number of guanidine groups is 1. The number of aliphatic imine (C=N–C) groups is 1. The number of rotatable bonds is 5. The molecule has 2 N–H and O–H groups in total. The van der Waals surface area contributed by atoms with E-state index in [0.717, 1.165) is 19.0 Å². The van der Waals surface area contributed by atoms with Gasteiger partial charge in [0.15, 0.2) is 5.96 Å². The number of carbonyl (C=O) groups is 2. The fourth-order valence-electron chi connectivity index (χ4n) is 3.34. The van der Waals surface area contributed by atoms with Gasteiger partial charge in [0.2, 0.25) is 0 Å². The molecule has 7 nitrogen and oxygen atoms in total. The molecule has 7 heteroatoms. The molecule has 24 heavy (non-hydrogen) atoms. The van der Waals surface area contributed by atoms with Gasteiger partial charge in [0.1, 0.15) is 5.54 Å². The summed E-state index contributed by atoms with van der Waals surface area (Å²) in [6, 6.07) is -0.279. The highest BCUT2D eigenvalue weighted by Crippen LogP contribution is 2.20. The van der Waals surface area contributed by atoms with Crippen LogP contribution in [0.25, 0.3) is 0 Å². The predicted octanol–water partition coefficient (Wildman–Crippen LogP) is 1.40. The van der Waals surface area contributed by atoms with E-state index >= 15 is 0 Å². The minimum Gasteiger partial charge on any atom is -0.356 e. The van der Waals surface area contributed by atoms with Gasteiger partial charge in [-0.2, -0.15) is 0 Å². The van der Waals surface area contributed by atoms with Crippen molar-refractivity contribution < 1.29 is 9.59 Å². The molecule has 0 aromatic rings. The second-order valence-corrected chi connectivity index (χ2v) is 7.09. The summed E-state index contributed by atoms with van der Waals surface area (Å²) in [5, 5.41) is 6.14. The van der Waals surface area contributed by atoms with Gasteiger partial charge in [-0.15, -0.1) is 0 Å². The molecule has 2 atom stereocenters. The zero-order chi connectivity index (χ0) is 17.7. The summed E-state index contributed by atoms with van der Waals surface area (Å²) >= 11 is 0. The minimum absolute atomic E-state index is 0.121. The van der Waals surface area contributed by atoms with E-state index in [4.69, 9.17) is 0 Å². The molecule has 0 bridgehead atoms. The van der Waals surface area contributed by atoms with Crippen molar-refractivity contribution in [2.45, 2.75) is 52.0 Å². The highest BCUT2D eigenvalue weighted by atomic mass is 16.2. The Balaban J connectivity index is 1.78. The van der Waals surface area contributed by atoms with Crippen molar-refractivity contribution in [2.75, 3.05) is 33.2 Å². The standard InChI is InChI=1S/C17H31N5O2/c1-5-17(3)14(23)22(16(24)20-17)11-7-9-19-15(18-4)21-10-6-8-13(2)12-21/h13H,5-12H2,1-4H3,(H,18,19)(H,20,24). The summed E-state index contributed by atoms with van der Waals surface area (Å²) in [7, 11) is 1.80. The number of hydrogen-bond acceptors (Lipinski definition) is 3. The third-order valence-corrected chi connectivity index (χ3v) is 5.06. The number of amides is 3. The minimum atomic E-state index is -0.746. The maximum Gasteiger partial charge on any atom is 0.325 e. The number of nitrogens with zero attached hydrogens (tertiary/aromatic N) is 3. The quantitative estimate of drug-likeness (QED) is 0.344. The Labute approximate surface area is 144 Å². The molecule has 136 valence electrons. The Bertz CT molecular complexity index is 507. The lowest BCUT2D eigenvalue weighted by Gasteiger charge is -2.33. The largest absolute Gasteiger partial charge is 0.356 e. The van der Waals surface area contributed by atoms with Crippen LogP contribution in [0.4, 0.5) is 4.79 Å². The third kappa shape index (κ3) is 3.99. The van der Waals surface area contributed by atoms with Crippen molar-refractivity contribution in [3.8, 4) is 0 Å². The molecule has 0 spiro atoms. The van der Waals surface area contributed by atoms with Crippen LogP contribution in [0.1, 0.15) is 46.5 Å². The van der Waals surface area contributed by atoms with Gasteiger partial charge in [0.25, 0.3) is 5.91 Å². The molecule has 3 amide bonds. The molecule has 0 aromatic carbocycles. The molecule has 2 aliphatic rings. The number of hydrogen-bond donors (Lipinski definition) is 2. The van der Waals surface area contributed by atoms with Crippen LogP contribution in [0.3, 0.4) is 0 Å².